The minimum absolute atomic E-state index is 0.0638. The number of benzene rings is 2. The zero-order valence-corrected chi connectivity index (χ0v) is 12.7. The second kappa shape index (κ2) is 5.21. The lowest BCUT2D eigenvalue weighted by molar-refractivity contribution is -0.137. The second-order valence-corrected chi connectivity index (χ2v) is 6.37. The Bertz CT molecular complexity index is 629. The van der Waals surface area contributed by atoms with E-state index >= 15 is 0 Å². The summed E-state index contributed by atoms with van der Waals surface area (Å²) >= 11 is 0. The van der Waals surface area contributed by atoms with Crippen LogP contribution >= 0.6 is 0 Å². The van der Waals surface area contributed by atoms with Crippen LogP contribution in [0.25, 0.3) is 11.1 Å². The maximum atomic E-state index is 12.7. The van der Waals surface area contributed by atoms with Crippen LogP contribution < -0.4 is 0 Å². The Morgan fingerprint density at radius 2 is 1.38 bits per heavy atom. The summed E-state index contributed by atoms with van der Waals surface area (Å²) in [5.74, 6) is 0. The summed E-state index contributed by atoms with van der Waals surface area (Å²) in [6.07, 6.45) is -4.29. The molecule has 2 aromatic rings. The first-order valence-electron chi connectivity index (χ1n) is 6.88. The van der Waals surface area contributed by atoms with Crippen molar-refractivity contribution < 1.29 is 13.2 Å². The molecule has 0 atom stereocenters. The van der Waals surface area contributed by atoms with Gasteiger partial charge in [0.2, 0.25) is 0 Å². The Morgan fingerprint density at radius 1 is 0.810 bits per heavy atom. The molecule has 0 aliphatic carbocycles. The molecule has 0 aliphatic heterocycles. The zero-order valence-electron chi connectivity index (χ0n) is 12.7. The van der Waals surface area contributed by atoms with Gasteiger partial charge in [0, 0.05) is 0 Å². The van der Waals surface area contributed by atoms with Gasteiger partial charge >= 0.3 is 6.18 Å². The van der Waals surface area contributed by atoms with E-state index in [0.29, 0.717) is 0 Å². The van der Waals surface area contributed by atoms with Crippen LogP contribution in [0.1, 0.15) is 37.5 Å². The van der Waals surface area contributed by atoms with Crippen LogP contribution in [0.15, 0.2) is 42.5 Å². The predicted octanol–water partition coefficient (Wildman–Crippen LogP) is 5.98. The van der Waals surface area contributed by atoms with Crippen molar-refractivity contribution in [2.75, 3.05) is 0 Å². The smallest absolute Gasteiger partial charge is 0.166 e. The molecule has 0 aromatic heterocycles. The fraction of sp³-hybridized carbons (Fsp3) is 0.333. The molecule has 0 aliphatic rings. The first-order chi connectivity index (χ1) is 9.59. The highest BCUT2D eigenvalue weighted by molar-refractivity contribution is 5.69. The van der Waals surface area contributed by atoms with Crippen LogP contribution in [0.2, 0.25) is 0 Å². The lowest BCUT2D eigenvalue weighted by Crippen LogP contribution is -2.13. The molecule has 0 fully saturated rings. The minimum Gasteiger partial charge on any atom is -0.166 e. The first-order valence-corrected chi connectivity index (χ1v) is 6.88. The number of aryl methyl sites for hydroxylation is 1. The van der Waals surface area contributed by atoms with Gasteiger partial charge in [0.05, 0.1) is 5.56 Å². The molecular weight excluding hydrogens is 273 g/mol. The molecule has 112 valence electrons. The third-order valence-electron chi connectivity index (χ3n) is 3.51. The first kappa shape index (κ1) is 15.6. The summed E-state index contributed by atoms with van der Waals surface area (Å²) in [7, 11) is 0. The Kier molecular flexibility index (Phi) is 3.87. The molecule has 0 saturated heterocycles. The average molecular weight is 292 g/mol. The minimum atomic E-state index is -4.29. The summed E-state index contributed by atoms with van der Waals surface area (Å²) < 4.78 is 38.0. The van der Waals surface area contributed by atoms with Crippen molar-refractivity contribution in [2.45, 2.75) is 39.3 Å². The Hall–Kier alpha value is -1.77. The van der Waals surface area contributed by atoms with Crippen molar-refractivity contribution in [1.29, 1.82) is 0 Å². The molecule has 0 radical (unpaired) electrons. The van der Waals surface area contributed by atoms with E-state index in [1.807, 2.05) is 19.1 Å². The molecule has 2 rings (SSSR count). The van der Waals surface area contributed by atoms with Gasteiger partial charge in [-0.1, -0.05) is 56.7 Å². The summed E-state index contributed by atoms with van der Waals surface area (Å²) in [5, 5.41) is 0. The van der Waals surface area contributed by atoms with Crippen molar-refractivity contribution in [3.05, 3.63) is 59.2 Å². The standard InChI is InChI=1S/C18H19F3/c1-12-5-10-16(17(2,3)4)15(11-12)13-6-8-14(9-7-13)18(19,20)21/h5-11H,1-4H3. The van der Waals surface area contributed by atoms with Crippen LogP contribution in [0.5, 0.6) is 0 Å². The van der Waals surface area contributed by atoms with E-state index in [1.54, 1.807) is 12.1 Å². The highest BCUT2D eigenvalue weighted by Gasteiger charge is 2.30. The van der Waals surface area contributed by atoms with E-state index in [9.17, 15) is 13.2 Å². The van der Waals surface area contributed by atoms with Gasteiger partial charge in [0.15, 0.2) is 0 Å². The fourth-order valence-electron chi connectivity index (χ4n) is 2.39. The molecule has 0 spiro atoms. The molecule has 0 nitrogen and oxygen atoms in total. The van der Waals surface area contributed by atoms with Gasteiger partial charge in [-0.2, -0.15) is 13.2 Å². The van der Waals surface area contributed by atoms with E-state index in [1.165, 1.54) is 0 Å². The van der Waals surface area contributed by atoms with Crippen molar-refractivity contribution in [3.8, 4) is 11.1 Å². The fourth-order valence-corrected chi connectivity index (χ4v) is 2.39. The SMILES string of the molecule is Cc1ccc(C(C)(C)C)c(-c2ccc(C(F)(F)F)cc2)c1. The Morgan fingerprint density at radius 3 is 1.86 bits per heavy atom. The van der Waals surface area contributed by atoms with Gasteiger partial charge in [0.1, 0.15) is 0 Å². The maximum Gasteiger partial charge on any atom is 0.416 e. The zero-order chi connectivity index (χ0) is 15.8. The van der Waals surface area contributed by atoms with E-state index in [-0.39, 0.29) is 5.41 Å². The molecule has 0 saturated carbocycles. The van der Waals surface area contributed by atoms with Crippen molar-refractivity contribution in [1.82, 2.24) is 0 Å². The molecule has 0 heterocycles. The molecule has 0 bridgehead atoms. The van der Waals surface area contributed by atoms with Crippen LogP contribution in [-0.2, 0) is 11.6 Å². The normalized spacial score (nSPS) is 12.5. The van der Waals surface area contributed by atoms with Crippen LogP contribution in [0.3, 0.4) is 0 Å². The lowest BCUT2D eigenvalue weighted by atomic mass is 9.81. The largest absolute Gasteiger partial charge is 0.416 e. The van der Waals surface area contributed by atoms with Gasteiger partial charge in [0.25, 0.3) is 0 Å². The molecule has 0 N–H and O–H groups in total. The summed E-state index contributed by atoms with van der Waals surface area (Å²) in [5.41, 5.74) is 3.36. The van der Waals surface area contributed by atoms with Gasteiger partial charge < -0.3 is 0 Å². The Labute approximate surface area is 123 Å². The maximum absolute atomic E-state index is 12.7. The van der Waals surface area contributed by atoms with E-state index in [4.69, 9.17) is 0 Å². The molecule has 0 unspecified atom stereocenters. The van der Waals surface area contributed by atoms with Crippen molar-refractivity contribution >= 4 is 0 Å². The molecule has 0 amide bonds. The monoisotopic (exact) mass is 292 g/mol. The van der Waals surface area contributed by atoms with Gasteiger partial charge in [-0.05, 0) is 41.2 Å². The Balaban J connectivity index is 2.54. The van der Waals surface area contributed by atoms with Crippen molar-refractivity contribution in [3.63, 3.8) is 0 Å². The third kappa shape index (κ3) is 3.46. The van der Waals surface area contributed by atoms with Crippen LogP contribution in [0, 0.1) is 6.92 Å². The van der Waals surface area contributed by atoms with Gasteiger partial charge in [-0.25, -0.2) is 0 Å². The van der Waals surface area contributed by atoms with Gasteiger partial charge in [-0.15, -0.1) is 0 Å². The number of halogens is 3. The quantitative estimate of drug-likeness (QED) is 0.606. The molecule has 21 heavy (non-hydrogen) atoms. The van der Waals surface area contributed by atoms with E-state index < -0.39 is 11.7 Å². The molecule has 2 aromatic carbocycles. The number of alkyl halides is 3. The highest BCUT2D eigenvalue weighted by Crippen LogP contribution is 2.35. The summed E-state index contributed by atoms with van der Waals surface area (Å²) in [4.78, 5) is 0. The molecular formula is C18H19F3. The number of hydrogen-bond acceptors (Lipinski definition) is 0. The lowest BCUT2D eigenvalue weighted by Gasteiger charge is -2.24. The third-order valence-corrected chi connectivity index (χ3v) is 3.51. The van der Waals surface area contributed by atoms with E-state index in [0.717, 1.165) is 34.4 Å². The van der Waals surface area contributed by atoms with Gasteiger partial charge in [-0.3, -0.25) is 0 Å². The number of rotatable bonds is 1. The second-order valence-electron chi connectivity index (χ2n) is 6.37. The topological polar surface area (TPSA) is 0 Å². The predicted molar refractivity (Wildman–Crippen MR) is 80.3 cm³/mol. The highest BCUT2D eigenvalue weighted by atomic mass is 19.4. The molecule has 3 heteroatoms. The van der Waals surface area contributed by atoms with Crippen LogP contribution in [-0.4, -0.2) is 0 Å². The summed E-state index contributed by atoms with van der Waals surface area (Å²) in [6, 6.07) is 11.5. The van der Waals surface area contributed by atoms with E-state index in [2.05, 4.69) is 26.8 Å². The van der Waals surface area contributed by atoms with Crippen LogP contribution in [0.4, 0.5) is 13.2 Å². The average Bonchev–Trinajstić information content (AvgIpc) is 2.36. The number of hydrogen-bond donors (Lipinski definition) is 0. The summed E-state index contributed by atoms with van der Waals surface area (Å²) in [6.45, 7) is 8.29. The van der Waals surface area contributed by atoms with Crippen molar-refractivity contribution in [2.24, 2.45) is 0 Å².